The Bertz CT molecular complexity index is 409. The van der Waals surface area contributed by atoms with Gasteiger partial charge in [0.2, 0.25) is 0 Å². The molecule has 1 aromatic rings. The Balaban J connectivity index is 2.68. The number of rotatable bonds is 3. The van der Waals surface area contributed by atoms with Gasteiger partial charge >= 0.3 is 6.18 Å². The van der Waals surface area contributed by atoms with Crippen molar-refractivity contribution in [3.05, 3.63) is 16.1 Å². The molecule has 104 valence electrons. The number of alkyl halides is 3. The van der Waals surface area contributed by atoms with Gasteiger partial charge in [0.15, 0.2) is 14.0 Å². The summed E-state index contributed by atoms with van der Waals surface area (Å²) in [6.07, 6.45) is -4.37. The van der Waals surface area contributed by atoms with Crippen molar-refractivity contribution in [3.63, 3.8) is 0 Å². The molecule has 0 saturated heterocycles. The van der Waals surface area contributed by atoms with Crippen LogP contribution in [0.3, 0.4) is 0 Å². The minimum atomic E-state index is -4.37. The van der Waals surface area contributed by atoms with Crippen LogP contribution in [0.25, 0.3) is 0 Å². The van der Waals surface area contributed by atoms with Crippen molar-refractivity contribution in [2.75, 3.05) is 0 Å². The van der Waals surface area contributed by atoms with Crippen molar-refractivity contribution >= 4 is 19.7 Å². The number of nitrogens with zero attached hydrogens (tertiary/aromatic N) is 1. The monoisotopic (exact) mass is 297 g/mol. The maximum atomic E-state index is 12.4. The van der Waals surface area contributed by atoms with Crippen LogP contribution in [-0.4, -0.2) is 13.3 Å². The maximum Gasteiger partial charge on any atom is 0.434 e. The van der Waals surface area contributed by atoms with Crippen molar-refractivity contribution in [3.8, 4) is 0 Å². The fourth-order valence-electron chi connectivity index (χ4n) is 0.966. The predicted octanol–water partition coefficient (Wildman–Crippen LogP) is 4.68. The number of hydrogen-bond donors (Lipinski definition) is 0. The largest absolute Gasteiger partial charge is 0.434 e. The molecule has 0 N–H and O–H groups in total. The molecule has 1 aromatic heterocycles. The molecule has 0 fully saturated rings. The van der Waals surface area contributed by atoms with E-state index in [-0.39, 0.29) is 11.6 Å². The molecule has 0 unspecified atom stereocenters. The highest BCUT2D eigenvalue weighted by atomic mass is 32.1. The Morgan fingerprint density at radius 1 is 1.28 bits per heavy atom. The lowest BCUT2D eigenvalue weighted by molar-refractivity contribution is -0.140. The second kappa shape index (κ2) is 4.94. The molecule has 0 aliphatic carbocycles. The van der Waals surface area contributed by atoms with Gasteiger partial charge in [-0.15, -0.1) is 11.3 Å². The molecule has 0 amide bonds. The van der Waals surface area contributed by atoms with E-state index in [1.807, 2.05) is 0 Å². The molecule has 1 heterocycles. The highest BCUT2D eigenvalue weighted by Gasteiger charge is 2.38. The molecule has 0 bridgehead atoms. The summed E-state index contributed by atoms with van der Waals surface area (Å²) in [4.78, 5) is 3.56. The summed E-state index contributed by atoms with van der Waals surface area (Å²) >= 11 is 0.994. The molecule has 0 radical (unpaired) electrons. The number of halogens is 3. The molecule has 0 aliphatic rings. The van der Waals surface area contributed by atoms with E-state index < -0.39 is 20.2 Å². The predicted molar refractivity (Wildman–Crippen MR) is 69.1 cm³/mol. The standard InChI is InChI=1S/C11H18F3NOSSi/c1-10(2,3)18(4,5)16-6-9-15-8(7-17-9)11(12,13)14/h7H,6H2,1-5H3. The second-order valence-electron chi connectivity index (χ2n) is 5.67. The number of aromatic nitrogens is 1. The highest BCUT2D eigenvalue weighted by Crippen LogP contribution is 2.37. The summed E-state index contributed by atoms with van der Waals surface area (Å²) < 4.78 is 43.0. The Kier molecular flexibility index (Phi) is 4.29. The Hall–Kier alpha value is -0.403. The van der Waals surface area contributed by atoms with E-state index in [9.17, 15) is 13.2 Å². The average Bonchev–Trinajstić information content (AvgIpc) is 2.60. The molecule has 0 aromatic carbocycles. The molecule has 1 rings (SSSR count). The van der Waals surface area contributed by atoms with Crippen LogP contribution >= 0.6 is 11.3 Å². The van der Waals surface area contributed by atoms with Crippen molar-refractivity contribution in [2.45, 2.75) is 51.7 Å². The molecular weight excluding hydrogens is 279 g/mol. The summed E-state index contributed by atoms with van der Waals surface area (Å²) in [7, 11) is -1.94. The van der Waals surface area contributed by atoms with Gasteiger partial charge in [0.25, 0.3) is 0 Å². The number of thiazole rings is 1. The Morgan fingerprint density at radius 2 is 1.83 bits per heavy atom. The Morgan fingerprint density at radius 3 is 2.22 bits per heavy atom. The quantitative estimate of drug-likeness (QED) is 0.755. The Labute approximate surface area is 110 Å². The lowest BCUT2D eigenvalue weighted by Crippen LogP contribution is -2.40. The lowest BCUT2D eigenvalue weighted by Gasteiger charge is -2.35. The van der Waals surface area contributed by atoms with Gasteiger partial charge in [-0.2, -0.15) is 13.2 Å². The van der Waals surface area contributed by atoms with Crippen LogP contribution in [0.15, 0.2) is 5.38 Å². The van der Waals surface area contributed by atoms with E-state index in [4.69, 9.17) is 4.43 Å². The van der Waals surface area contributed by atoms with Gasteiger partial charge in [-0.3, -0.25) is 0 Å². The van der Waals surface area contributed by atoms with Gasteiger partial charge in [0.1, 0.15) is 5.01 Å². The minimum Gasteiger partial charge on any atom is -0.410 e. The van der Waals surface area contributed by atoms with E-state index in [0.29, 0.717) is 5.01 Å². The van der Waals surface area contributed by atoms with Crippen molar-refractivity contribution in [2.24, 2.45) is 0 Å². The van der Waals surface area contributed by atoms with E-state index in [1.165, 1.54) is 0 Å². The van der Waals surface area contributed by atoms with Crippen molar-refractivity contribution in [1.29, 1.82) is 0 Å². The van der Waals surface area contributed by atoms with E-state index in [0.717, 1.165) is 16.7 Å². The van der Waals surface area contributed by atoms with Crippen LogP contribution in [0, 0.1) is 0 Å². The minimum absolute atomic E-state index is 0.0388. The van der Waals surface area contributed by atoms with Crippen molar-refractivity contribution in [1.82, 2.24) is 4.98 Å². The zero-order valence-corrected chi connectivity index (χ0v) is 13.0. The van der Waals surface area contributed by atoms with Gasteiger partial charge in [0.05, 0.1) is 6.61 Å². The summed E-state index contributed by atoms with van der Waals surface area (Å²) in [6, 6.07) is 0. The zero-order chi connectivity index (χ0) is 14.2. The van der Waals surface area contributed by atoms with E-state index >= 15 is 0 Å². The first-order valence-corrected chi connectivity index (χ1v) is 9.38. The fraction of sp³-hybridized carbons (Fsp3) is 0.727. The normalized spacial score (nSPS) is 14.0. The van der Waals surface area contributed by atoms with Gasteiger partial charge in [-0.1, -0.05) is 20.8 Å². The zero-order valence-electron chi connectivity index (χ0n) is 11.2. The average molecular weight is 297 g/mol. The van der Waals surface area contributed by atoms with Crippen LogP contribution in [0.2, 0.25) is 18.1 Å². The molecule has 7 heteroatoms. The third kappa shape index (κ3) is 3.79. The van der Waals surface area contributed by atoms with Gasteiger partial charge in [0, 0.05) is 5.38 Å². The molecule has 0 saturated carbocycles. The maximum absolute atomic E-state index is 12.4. The summed E-state index contributed by atoms with van der Waals surface area (Å²) in [5, 5.41) is 1.45. The third-order valence-electron chi connectivity index (χ3n) is 3.20. The van der Waals surface area contributed by atoms with Crippen LogP contribution in [0.4, 0.5) is 13.2 Å². The summed E-state index contributed by atoms with van der Waals surface area (Å²) in [5.74, 6) is 0. The first kappa shape index (κ1) is 15.7. The van der Waals surface area contributed by atoms with Gasteiger partial charge < -0.3 is 4.43 Å². The van der Waals surface area contributed by atoms with Crippen molar-refractivity contribution < 1.29 is 17.6 Å². The fourth-order valence-corrected chi connectivity index (χ4v) is 2.71. The molecule has 0 spiro atoms. The molecule has 2 nitrogen and oxygen atoms in total. The molecule has 0 atom stereocenters. The topological polar surface area (TPSA) is 22.1 Å². The van der Waals surface area contributed by atoms with E-state index in [1.54, 1.807) is 0 Å². The van der Waals surface area contributed by atoms with Gasteiger partial charge in [-0.05, 0) is 18.1 Å². The molecule has 18 heavy (non-hydrogen) atoms. The molecular formula is C11H18F3NOSSi. The number of hydrogen-bond acceptors (Lipinski definition) is 3. The lowest BCUT2D eigenvalue weighted by atomic mass is 10.2. The van der Waals surface area contributed by atoms with E-state index in [2.05, 4.69) is 38.8 Å². The van der Waals surface area contributed by atoms with Crippen LogP contribution in [0.1, 0.15) is 31.5 Å². The van der Waals surface area contributed by atoms with Crippen LogP contribution in [-0.2, 0) is 17.2 Å². The SMILES string of the molecule is CC(C)(C)[Si](C)(C)OCc1nc(C(F)(F)F)cs1. The first-order valence-electron chi connectivity index (χ1n) is 5.59. The van der Waals surface area contributed by atoms with Crippen LogP contribution in [0.5, 0.6) is 0 Å². The highest BCUT2D eigenvalue weighted by molar-refractivity contribution is 7.09. The second-order valence-corrected chi connectivity index (χ2v) is 11.4. The first-order chi connectivity index (χ1) is 7.93. The molecule has 0 aliphatic heterocycles. The van der Waals surface area contributed by atoms with Gasteiger partial charge in [-0.25, -0.2) is 4.98 Å². The third-order valence-corrected chi connectivity index (χ3v) is 8.51. The van der Waals surface area contributed by atoms with Crippen LogP contribution < -0.4 is 0 Å². The summed E-state index contributed by atoms with van der Waals surface area (Å²) in [5.41, 5.74) is -0.832. The smallest absolute Gasteiger partial charge is 0.410 e. The summed E-state index contributed by atoms with van der Waals surface area (Å²) in [6.45, 7) is 10.5.